The quantitative estimate of drug-likeness (QED) is 0.559. The molecule has 6 nitrogen and oxygen atoms in total. The van der Waals surface area contributed by atoms with Crippen molar-refractivity contribution in [2.45, 2.75) is 6.92 Å². The third kappa shape index (κ3) is 4.59. The highest BCUT2D eigenvalue weighted by Gasteiger charge is 2.11. The monoisotopic (exact) mass is 355 g/mol. The van der Waals surface area contributed by atoms with Gasteiger partial charge in [0, 0.05) is 22.6 Å². The molecule has 0 unspecified atom stereocenters. The predicted molar refractivity (Wildman–Crippen MR) is 95.5 cm³/mol. The van der Waals surface area contributed by atoms with Crippen molar-refractivity contribution in [2.24, 2.45) is 0 Å². The van der Waals surface area contributed by atoms with Gasteiger partial charge in [-0.05, 0) is 42.8 Å². The van der Waals surface area contributed by atoms with E-state index < -0.39 is 11.9 Å². The number of nitrogens with zero attached hydrogens (tertiary/aromatic N) is 1. The van der Waals surface area contributed by atoms with E-state index in [0.717, 1.165) is 5.56 Å². The molecule has 0 saturated carbocycles. The molecular weight excluding hydrogens is 342 g/mol. The highest BCUT2D eigenvalue weighted by atomic mass is 35.5. The minimum atomic E-state index is -1.11. The number of aromatic carboxylic acids is 1. The molecule has 0 aliphatic heterocycles. The number of carboxylic acids is 1. The number of carboxylic acid groups (broad SMARTS) is 1. The third-order valence-corrected chi connectivity index (χ3v) is 3.78. The Kier molecular flexibility index (Phi) is 5.77. The number of anilines is 2. The van der Waals surface area contributed by atoms with Gasteiger partial charge in [0.25, 0.3) is 5.91 Å². The first-order chi connectivity index (χ1) is 11.9. The van der Waals surface area contributed by atoms with Gasteiger partial charge in [-0.2, -0.15) is 5.26 Å². The summed E-state index contributed by atoms with van der Waals surface area (Å²) in [7, 11) is 0. The Balaban J connectivity index is 2.16. The topological polar surface area (TPSA) is 102 Å². The number of benzene rings is 2. The molecule has 0 spiro atoms. The Morgan fingerprint density at radius 2 is 1.96 bits per heavy atom. The lowest BCUT2D eigenvalue weighted by Gasteiger charge is -2.08. The first-order valence-electron chi connectivity index (χ1n) is 7.19. The fourth-order valence-electron chi connectivity index (χ4n) is 1.99. The van der Waals surface area contributed by atoms with E-state index in [-0.39, 0.29) is 16.8 Å². The number of amides is 1. The molecule has 1 amide bonds. The van der Waals surface area contributed by atoms with Crippen molar-refractivity contribution in [3.8, 4) is 6.07 Å². The Hall–Kier alpha value is -3.30. The van der Waals surface area contributed by atoms with Crippen LogP contribution >= 0.6 is 11.6 Å². The van der Waals surface area contributed by atoms with E-state index in [9.17, 15) is 14.9 Å². The summed E-state index contributed by atoms with van der Waals surface area (Å²) in [6.45, 7) is 1.81. The fraction of sp³-hybridized carbons (Fsp3) is 0.0556. The van der Waals surface area contributed by atoms with Gasteiger partial charge in [-0.15, -0.1) is 0 Å². The van der Waals surface area contributed by atoms with Crippen LogP contribution < -0.4 is 10.6 Å². The van der Waals surface area contributed by atoms with Crippen molar-refractivity contribution in [1.82, 2.24) is 0 Å². The molecular formula is C18H14ClN3O3. The average molecular weight is 356 g/mol. The van der Waals surface area contributed by atoms with Gasteiger partial charge in [-0.25, -0.2) is 4.79 Å². The summed E-state index contributed by atoms with van der Waals surface area (Å²) in [6.07, 6.45) is 1.27. The lowest BCUT2D eigenvalue weighted by Crippen LogP contribution is -2.15. The number of hydrogen-bond acceptors (Lipinski definition) is 4. The molecule has 0 radical (unpaired) electrons. The summed E-state index contributed by atoms with van der Waals surface area (Å²) in [5, 5.41) is 24.1. The molecule has 2 rings (SSSR count). The first-order valence-corrected chi connectivity index (χ1v) is 7.57. The maximum Gasteiger partial charge on any atom is 0.335 e. The fourth-order valence-corrected chi connectivity index (χ4v) is 2.17. The summed E-state index contributed by atoms with van der Waals surface area (Å²) in [6, 6.07) is 12.8. The predicted octanol–water partition coefficient (Wildman–Crippen LogP) is 3.80. The Bertz CT molecular complexity index is 901. The number of nitrogens with one attached hydrogen (secondary N) is 2. The number of carbonyl (C=O) groups is 2. The molecule has 0 fully saturated rings. The second kappa shape index (κ2) is 7.99. The van der Waals surface area contributed by atoms with Gasteiger partial charge in [0.2, 0.25) is 0 Å². The smallest absolute Gasteiger partial charge is 0.335 e. The zero-order valence-electron chi connectivity index (χ0n) is 13.2. The molecule has 0 bridgehead atoms. The van der Waals surface area contributed by atoms with Crippen LogP contribution in [0.4, 0.5) is 11.4 Å². The van der Waals surface area contributed by atoms with Crippen molar-refractivity contribution in [1.29, 1.82) is 5.26 Å². The minimum Gasteiger partial charge on any atom is -0.478 e. The third-order valence-electron chi connectivity index (χ3n) is 3.37. The number of rotatable bonds is 5. The Morgan fingerprint density at radius 3 is 2.64 bits per heavy atom. The van der Waals surface area contributed by atoms with E-state index in [2.05, 4.69) is 10.6 Å². The highest BCUT2D eigenvalue weighted by molar-refractivity contribution is 6.31. The molecule has 7 heteroatoms. The van der Waals surface area contributed by atoms with Crippen LogP contribution in [0.25, 0.3) is 0 Å². The van der Waals surface area contributed by atoms with Gasteiger partial charge in [0.15, 0.2) is 0 Å². The van der Waals surface area contributed by atoms with Crippen LogP contribution in [0, 0.1) is 18.3 Å². The molecule has 2 aromatic carbocycles. The Morgan fingerprint density at radius 1 is 1.24 bits per heavy atom. The summed E-state index contributed by atoms with van der Waals surface area (Å²) in [5.74, 6) is -1.76. The molecule has 0 atom stereocenters. The highest BCUT2D eigenvalue weighted by Crippen LogP contribution is 2.23. The number of halogens is 1. The van der Waals surface area contributed by atoms with Crippen LogP contribution in [0.3, 0.4) is 0 Å². The summed E-state index contributed by atoms with van der Waals surface area (Å²) in [4.78, 5) is 23.1. The standard InChI is InChI=1S/C18H14ClN3O3/c1-11-15(19)6-3-7-16(11)21-10-13(9-20)17(23)22-14-5-2-4-12(8-14)18(24)25/h2-8,10,21H,1H3,(H,22,23)(H,24,25)/b13-10-. The SMILES string of the molecule is Cc1c(Cl)cccc1N/C=C(/C#N)C(=O)Nc1cccc(C(=O)O)c1. The molecule has 0 aromatic heterocycles. The van der Waals surface area contributed by atoms with E-state index in [1.54, 1.807) is 24.3 Å². The second-order valence-corrected chi connectivity index (χ2v) is 5.47. The molecule has 126 valence electrons. The molecule has 0 aliphatic carbocycles. The number of hydrogen-bond donors (Lipinski definition) is 3. The Labute approximate surface area is 149 Å². The maximum atomic E-state index is 12.2. The molecule has 0 saturated heterocycles. The van der Waals surface area contributed by atoms with Crippen molar-refractivity contribution in [2.75, 3.05) is 10.6 Å². The summed E-state index contributed by atoms with van der Waals surface area (Å²) >= 11 is 6.02. The van der Waals surface area contributed by atoms with Crippen LogP contribution in [0.15, 0.2) is 54.2 Å². The first kappa shape index (κ1) is 18.0. The minimum absolute atomic E-state index is 0.0352. The summed E-state index contributed by atoms with van der Waals surface area (Å²) in [5.41, 5.74) is 1.60. The van der Waals surface area contributed by atoms with Crippen LogP contribution in [-0.4, -0.2) is 17.0 Å². The van der Waals surface area contributed by atoms with Gasteiger partial charge in [0.1, 0.15) is 11.6 Å². The van der Waals surface area contributed by atoms with Crippen LogP contribution in [0.1, 0.15) is 15.9 Å². The van der Waals surface area contributed by atoms with Gasteiger partial charge in [-0.3, -0.25) is 4.79 Å². The van der Waals surface area contributed by atoms with Crippen molar-refractivity contribution >= 4 is 34.9 Å². The molecule has 0 aliphatic rings. The van der Waals surface area contributed by atoms with E-state index >= 15 is 0 Å². The van der Waals surface area contributed by atoms with Crippen molar-refractivity contribution < 1.29 is 14.7 Å². The van der Waals surface area contributed by atoms with Gasteiger partial charge < -0.3 is 15.7 Å². The van der Waals surface area contributed by atoms with Crippen molar-refractivity contribution in [3.05, 3.63) is 70.4 Å². The van der Waals surface area contributed by atoms with Gasteiger partial charge >= 0.3 is 5.97 Å². The molecule has 25 heavy (non-hydrogen) atoms. The van der Waals surface area contributed by atoms with Crippen LogP contribution in [0.2, 0.25) is 5.02 Å². The van der Waals surface area contributed by atoms with Gasteiger partial charge in [0.05, 0.1) is 5.56 Å². The van der Waals surface area contributed by atoms with E-state index in [0.29, 0.717) is 10.7 Å². The second-order valence-electron chi connectivity index (χ2n) is 5.07. The van der Waals surface area contributed by atoms with E-state index in [4.69, 9.17) is 16.7 Å². The maximum absolute atomic E-state index is 12.2. The molecule has 2 aromatic rings. The lowest BCUT2D eigenvalue weighted by molar-refractivity contribution is -0.112. The molecule has 0 heterocycles. The largest absolute Gasteiger partial charge is 0.478 e. The normalized spacial score (nSPS) is 10.7. The van der Waals surface area contributed by atoms with E-state index in [1.165, 1.54) is 30.5 Å². The van der Waals surface area contributed by atoms with Crippen LogP contribution in [0.5, 0.6) is 0 Å². The number of nitriles is 1. The molecule has 3 N–H and O–H groups in total. The lowest BCUT2D eigenvalue weighted by atomic mass is 10.2. The summed E-state index contributed by atoms with van der Waals surface area (Å²) < 4.78 is 0. The van der Waals surface area contributed by atoms with Gasteiger partial charge in [-0.1, -0.05) is 23.7 Å². The zero-order valence-corrected chi connectivity index (χ0v) is 14.0. The van der Waals surface area contributed by atoms with Crippen LogP contribution in [-0.2, 0) is 4.79 Å². The zero-order chi connectivity index (χ0) is 18.4. The van der Waals surface area contributed by atoms with Crippen molar-refractivity contribution in [3.63, 3.8) is 0 Å². The van der Waals surface area contributed by atoms with E-state index in [1.807, 2.05) is 6.92 Å². The number of carbonyl (C=O) groups excluding carboxylic acids is 1. The average Bonchev–Trinajstić information content (AvgIpc) is 2.59.